The summed E-state index contributed by atoms with van der Waals surface area (Å²) in [5, 5.41) is 0. The summed E-state index contributed by atoms with van der Waals surface area (Å²) in [6.45, 7) is 1.84. The molecule has 0 radical (unpaired) electrons. The Labute approximate surface area is 117 Å². The first-order valence-corrected chi connectivity index (χ1v) is 7.97. The van der Waals surface area contributed by atoms with E-state index in [1.807, 2.05) is 6.92 Å². The van der Waals surface area contributed by atoms with Gasteiger partial charge in [0.1, 0.15) is 17.7 Å². The van der Waals surface area contributed by atoms with Gasteiger partial charge in [0.2, 0.25) is 0 Å². The van der Waals surface area contributed by atoms with Crippen LogP contribution in [0.1, 0.15) is 18.6 Å². The van der Waals surface area contributed by atoms with E-state index in [1.165, 1.54) is 24.3 Å². The molecule has 5 heteroatoms. The van der Waals surface area contributed by atoms with Crippen LogP contribution in [0.25, 0.3) is 0 Å². The van der Waals surface area contributed by atoms with Gasteiger partial charge >= 0.3 is 0 Å². The molecule has 2 aromatic rings. The van der Waals surface area contributed by atoms with Gasteiger partial charge in [0.25, 0.3) is 0 Å². The first-order valence-electron chi connectivity index (χ1n) is 6.08. The largest absolute Gasteiger partial charge is 0.486 e. The third kappa shape index (κ3) is 3.57. The first-order chi connectivity index (χ1) is 9.36. The van der Waals surface area contributed by atoms with Crippen LogP contribution in [0.4, 0.5) is 4.39 Å². The highest BCUT2D eigenvalue weighted by atomic mass is 32.2. The molecule has 0 aliphatic rings. The standard InChI is InChI=1S/C15H15FO3S/c1-11(12-3-5-13(16)6-4-12)19-14-7-9-15(10-8-14)20(2,17)18/h3-11H,1-2H3. The molecule has 0 aliphatic heterocycles. The topological polar surface area (TPSA) is 43.4 Å². The zero-order valence-electron chi connectivity index (χ0n) is 11.2. The van der Waals surface area contributed by atoms with E-state index in [0.29, 0.717) is 5.75 Å². The van der Waals surface area contributed by atoms with Crippen molar-refractivity contribution in [1.29, 1.82) is 0 Å². The zero-order chi connectivity index (χ0) is 14.8. The quantitative estimate of drug-likeness (QED) is 0.868. The van der Waals surface area contributed by atoms with Crippen LogP contribution in [0.2, 0.25) is 0 Å². The second kappa shape index (κ2) is 5.63. The molecule has 0 spiro atoms. The van der Waals surface area contributed by atoms with Crippen LogP contribution in [0, 0.1) is 5.82 Å². The second-order valence-corrected chi connectivity index (χ2v) is 6.57. The maximum absolute atomic E-state index is 12.8. The Morgan fingerprint density at radius 2 is 1.55 bits per heavy atom. The summed E-state index contributed by atoms with van der Waals surface area (Å²) in [6, 6.07) is 12.3. The molecule has 0 N–H and O–H groups in total. The molecular formula is C15H15FO3S. The molecule has 20 heavy (non-hydrogen) atoms. The lowest BCUT2D eigenvalue weighted by molar-refractivity contribution is 0.226. The average Bonchev–Trinajstić information content (AvgIpc) is 2.39. The van der Waals surface area contributed by atoms with E-state index >= 15 is 0 Å². The van der Waals surface area contributed by atoms with E-state index in [0.717, 1.165) is 11.8 Å². The molecule has 2 aromatic carbocycles. The van der Waals surface area contributed by atoms with Gasteiger partial charge in [0, 0.05) is 6.26 Å². The lowest BCUT2D eigenvalue weighted by atomic mass is 10.1. The Morgan fingerprint density at radius 1 is 1.00 bits per heavy atom. The fourth-order valence-electron chi connectivity index (χ4n) is 1.77. The highest BCUT2D eigenvalue weighted by Gasteiger charge is 2.10. The smallest absolute Gasteiger partial charge is 0.175 e. The van der Waals surface area contributed by atoms with Crippen LogP contribution in [0.15, 0.2) is 53.4 Å². The van der Waals surface area contributed by atoms with Crippen molar-refractivity contribution in [2.45, 2.75) is 17.9 Å². The maximum Gasteiger partial charge on any atom is 0.175 e. The van der Waals surface area contributed by atoms with Gasteiger partial charge in [-0.05, 0) is 48.9 Å². The van der Waals surface area contributed by atoms with Crippen molar-refractivity contribution in [3.05, 3.63) is 59.9 Å². The highest BCUT2D eigenvalue weighted by Crippen LogP contribution is 2.23. The van der Waals surface area contributed by atoms with Crippen LogP contribution in [-0.4, -0.2) is 14.7 Å². The van der Waals surface area contributed by atoms with E-state index in [-0.39, 0.29) is 16.8 Å². The molecule has 1 unspecified atom stereocenters. The number of rotatable bonds is 4. The summed E-state index contributed by atoms with van der Waals surface area (Å²) in [4.78, 5) is 0.249. The van der Waals surface area contributed by atoms with E-state index in [4.69, 9.17) is 4.74 Å². The van der Waals surface area contributed by atoms with Crippen molar-refractivity contribution in [3.63, 3.8) is 0 Å². The summed E-state index contributed by atoms with van der Waals surface area (Å²) in [5.41, 5.74) is 0.846. The zero-order valence-corrected chi connectivity index (χ0v) is 12.0. The number of benzene rings is 2. The van der Waals surface area contributed by atoms with Gasteiger partial charge in [-0.25, -0.2) is 12.8 Å². The molecule has 0 aliphatic carbocycles. The Morgan fingerprint density at radius 3 is 2.05 bits per heavy atom. The minimum Gasteiger partial charge on any atom is -0.486 e. The van der Waals surface area contributed by atoms with Gasteiger partial charge in [-0.1, -0.05) is 12.1 Å². The Bertz CT molecular complexity index is 676. The molecule has 0 aromatic heterocycles. The average molecular weight is 294 g/mol. The summed E-state index contributed by atoms with van der Waals surface area (Å²) in [5.74, 6) is 0.271. The van der Waals surface area contributed by atoms with E-state index in [9.17, 15) is 12.8 Å². The molecule has 0 amide bonds. The Kier molecular flexibility index (Phi) is 4.09. The first kappa shape index (κ1) is 14.5. The number of halogens is 1. The van der Waals surface area contributed by atoms with Gasteiger partial charge in [-0.2, -0.15) is 0 Å². The van der Waals surface area contributed by atoms with Gasteiger partial charge in [0.15, 0.2) is 9.84 Å². The third-order valence-electron chi connectivity index (χ3n) is 2.90. The molecule has 0 saturated heterocycles. The number of hydrogen-bond donors (Lipinski definition) is 0. The van der Waals surface area contributed by atoms with Gasteiger partial charge in [-0.3, -0.25) is 0 Å². The van der Waals surface area contributed by atoms with Crippen LogP contribution >= 0.6 is 0 Å². The SMILES string of the molecule is CC(Oc1ccc(S(C)(=O)=O)cc1)c1ccc(F)cc1. The molecular weight excluding hydrogens is 279 g/mol. The Balaban J connectivity index is 2.12. The van der Waals surface area contributed by atoms with Crippen molar-refractivity contribution in [2.24, 2.45) is 0 Å². The highest BCUT2D eigenvalue weighted by molar-refractivity contribution is 7.90. The third-order valence-corrected chi connectivity index (χ3v) is 4.03. The van der Waals surface area contributed by atoms with Crippen LogP contribution in [0.3, 0.4) is 0 Å². The van der Waals surface area contributed by atoms with E-state index in [1.54, 1.807) is 24.3 Å². The molecule has 2 rings (SSSR count). The minimum atomic E-state index is -3.20. The normalized spacial score (nSPS) is 12.9. The predicted molar refractivity (Wildman–Crippen MR) is 75.0 cm³/mol. The molecule has 0 heterocycles. The van der Waals surface area contributed by atoms with Crippen LogP contribution in [0.5, 0.6) is 5.75 Å². The second-order valence-electron chi connectivity index (χ2n) is 4.56. The Hall–Kier alpha value is -1.88. The van der Waals surface area contributed by atoms with E-state index < -0.39 is 9.84 Å². The van der Waals surface area contributed by atoms with Crippen molar-refractivity contribution < 1.29 is 17.5 Å². The molecule has 106 valence electrons. The molecule has 0 saturated carbocycles. The number of hydrogen-bond acceptors (Lipinski definition) is 3. The van der Waals surface area contributed by atoms with Crippen molar-refractivity contribution in [2.75, 3.05) is 6.26 Å². The minimum absolute atomic E-state index is 0.249. The molecule has 0 bridgehead atoms. The van der Waals surface area contributed by atoms with Crippen LogP contribution in [-0.2, 0) is 9.84 Å². The fraction of sp³-hybridized carbons (Fsp3) is 0.200. The van der Waals surface area contributed by atoms with Gasteiger partial charge in [-0.15, -0.1) is 0 Å². The van der Waals surface area contributed by atoms with Crippen molar-refractivity contribution in [3.8, 4) is 5.75 Å². The van der Waals surface area contributed by atoms with Gasteiger partial charge in [0.05, 0.1) is 4.90 Å². The van der Waals surface area contributed by atoms with Crippen LogP contribution < -0.4 is 4.74 Å². The van der Waals surface area contributed by atoms with Crippen molar-refractivity contribution in [1.82, 2.24) is 0 Å². The maximum atomic E-state index is 12.8. The summed E-state index contributed by atoms with van der Waals surface area (Å²) < 4.78 is 41.2. The summed E-state index contributed by atoms with van der Waals surface area (Å²) in [7, 11) is -3.20. The molecule has 3 nitrogen and oxygen atoms in total. The number of ether oxygens (including phenoxy) is 1. The predicted octanol–water partition coefficient (Wildman–Crippen LogP) is 3.37. The monoisotopic (exact) mass is 294 g/mol. The molecule has 0 fully saturated rings. The molecule has 1 atom stereocenters. The number of sulfone groups is 1. The lowest BCUT2D eigenvalue weighted by Gasteiger charge is -2.15. The van der Waals surface area contributed by atoms with Crippen molar-refractivity contribution >= 4 is 9.84 Å². The fourth-order valence-corrected chi connectivity index (χ4v) is 2.40. The van der Waals surface area contributed by atoms with E-state index in [2.05, 4.69) is 0 Å². The summed E-state index contributed by atoms with van der Waals surface area (Å²) >= 11 is 0. The van der Waals surface area contributed by atoms with Gasteiger partial charge < -0.3 is 4.74 Å². The lowest BCUT2D eigenvalue weighted by Crippen LogP contribution is -2.03. The summed E-state index contributed by atoms with van der Waals surface area (Å²) in [6.07, 6.45) is 0.906.